The van der Waals surface area contributed by atoms with E-state index in [2.05, 4.69) is 150 Å². The predicted molar refractivity (Wildman–Crippen MR) is 266 cm³/mol. The van der Waals surface area contributed by atoms with Gasteiger partial charge in [-0.3, -0.25) is 9.59 Å². The van der Waals surface area contributed by atoms with Crippen LogP contribution in [0.15, 0.2) is 181 Å². The predicted octanol–water partition coefficient (Wildman–Crippen LogP) is 14.4. The molecule has 0 saturated heterocycles. The Morgan fingerprint density at radius 2 is 0.785 bits per heavy atom. The Hall–Kier alpha value is -9.04. The van der Waals surface area contributed by atoms with Gasteiger partial charge in [-0.1, -0.05) is 158 Å². The third-order valence-corrected chi connectivity index (χ3v) is 10.8. The fourth-order valence-electron chi connectivity index (χ4n) is 7.05. The first-order valence-electron chi connectivity index (χ1n) is 20.7. The van der Waals surface area contributed by atoms with Gasteiger partial charge in [0.1, 0.15) is 0 Å². The number of rotatable bonds is 14. The van der Waals surface area contributed by atoms with E-state index in [-0.39, 0.29) is 11.4 Å². The van der Waals surface area contributed by atoms with Crippen molar-refractivity contribution in [2.45, 2.75) is 13.8 Å². The van der Waals surface area contributed by atoms with E-state index in [1.165, 1.54) is 23.3 Å². The molecule has 7 heteroatoms. The summed E-state index contributed by atoms with van der Waals surface area (Å²) in [5.41, 5.74) is 14.4. The van der Waals surface area contributed by atoms with Gasteiger partial charge >= 0.3 is 11.9 Å². The van der Waals surface area contributed by atoms with Crippen molar-refractivity contribution in [2.24, 2.45) is 0 Å². The van der Waals surface area contributed by atoms with Crippen LogP contribution in [0.3, 0.4) is 0 Å². The van der Waals surface area contributed by atoms with Crippen molar-refractivity contribution in [3.05, 3.63) is 265 Å². The number of benzene rings is 7. The Morgan fingerprint density at radius 1 is 0.431 bits per heavy atom. The highest BCUT2D eigenvalue weighted by Crippen LogP contribution is 2.36. The van der Waals surface area contributed by atoms with E-state index >= 15 is 0 Å². The largest absolute Gasteiger partial charge is 0.486 e. The van der Waals surface area contributed by atoms with Gasteiger partial charge in [-0.05, 0) is 135 Å². The quantitative estimate of drug-likeness (QED) is 0.0647. The molecule has 7 aromatic carbocycles. The van der Waals surface area contributed by atoms with E-state index < -0.39 is 11.9 Å². The molecule has 0 aliphatic carbocycles. The number of aryl methyl sites for hydroxylation is 2. The second-order valence-corrected chi connectivity index (χ2v) is 15.2. The van der Waals surface area contributed by atoms with E-state index in [0.717, 1.165) is 61.6 Å². The number of hydrogen-bond acceptors (Lipinski definition) is 3. The van der Waals surface area contributed by atoms with Gasteiger partial charge in [-0.2, -0.15) is 0 Å². The summed E-state index contributed by atoms with van der Waals surface area (Å²) in [6.07, 6.45) is 13.0. The second-order valence-electron chi connectivity index (χ2n) is 15.2. The molecule has 314 valence electrons. The fraction of sp³-hybridized carbons (Fsp3) is 0.0345. The van der Waals surface area contributed by atoms with E-state index in [0.29, 0.717) is 11.1 Å². The van der Waals surface area contributed by atoms with Gasteiger partial charge in [-0.15, -0.1) is 0 Å². The minimum Gasteiger partial charge on any atom is -0.486 e. The monoisotopic (exact) mass is 845 g/mol. The molecule has 0 fully saturated rings. The van der Waals surface area contributed by atoms with Crippen LogP contribution in [-0.4, -0.2) is 22.2 Å². The molecule has 0 atom stereocenters. The molecule has 7 nitrogen and oxygen atoms in total. The zero-order valence-electron chi connectivity index (χ0n) is 35.8. The van der Waals surface area contributed by atoms with Gasteiger partial charge in [0.25, 0.3) is 11.4 Å². The first-order chi connectivity index (χ1) is 31.6. The van der Waals surface area contributed by atoms with Gasteiger partial charge in [0.15, 0.2) is 0 Å². The van der Waals surface area contributed by atoms with Gasteiger partial charge < -0.3 is 15.1 Å². The molecule has 0 unspecified atom stereocenters. The summed E-state index contributed by atoms with van der Waals surface area (Å²) in [6, 6.07) is 57.0. The zero-order valence-corrected chi connectivity index (χ0v) is 35.8. The highest BCUT2D eigenvalue weighted by Gasteiger charge is 2.14. The van der Waals surface area contributed by atoms with Gasteiger partial charge in [0.05, 0.1) is 13.1 Å². The Labute approximate surface area is 379 Å². The molecule has 0 radical (unpaired) electrons. The van der Waals surface area contributed by atoms with Gasteiger partial charge in [0, 0.05) is 17.1 Å². The molecule has 2 N–H and O–H groups in total. The van der Waals surface area contributed by atoms with Crippen LogP contribution in [0.5, 0.6) is 0 Å². The summed E-state index contributed by atoms with van der Waals surface area (Å²) in [4.78, 5) is 30.9. The number of carbonyl (C=O) groups is 2. The lowest BCUT2D eigenvalue weighted by Crippen LogP contribution is -2.09. The third-order valence-electron chi connectivity index (χ3n) is 10.8. The maximum absolute atomic E-state index is 11.3. The lowest BCUT2D eigenvalue weighted by molar-refractivity contribution is -0.133. The van der Waals surface area contributed by atoms with Crippen molar-refractivity contribution in [2.75, 3.05) is 4.90 Å². The highest BCUT2D eigenvalue weighted by molar-refractivity contribution is 5.95. The maximum atomic E-state index is 11.3. The minimum absolute atomic E-state index is 0.333. The molecule has 7 rings (SSSR count). The first kappa shape index (κ1) is 44.0. The van der Waals surface area contributed by atoms with Crippen LogP contribution in [0, 0.1) is 27.0 Å². The molecule has 0 aliphatic rings. The van der Waals surface area contributed by atoms with Gasteiger partial charge in [0.2, 0.25) is 0 Å². The van der Waals surface area contributed by atoms with Crippen LogP contribution in [0.4, 0.5) is 17.1 Å². The van der Waals surface area contributed by atoms with Crippen LogP contribution >= 0.6 is 0 Å². The Morgan fingerprint density at radius 3 is 1.15 bits per heavy atom. The Bertz CT molecular complexity index is 2930. The average molecular weight is 846 g/mol. The normalized spacial score (nSPS) is 11.9. The third kappa shape index (κ3) is 11.5. The van der Waals surface area contributed by atoms with Crippen molar-refractivity contribution in [1.82, 2.24) is 0 Å². The Balaban J connectivity index is 1.18. The molecule has 0 aromatic heterocycles. The lowest BCUT2D eigenvalue weighted by Gasteiger charge is -2.26. The van der Waals surface area contributed by atoms with Crippen molar-refractivity contribution >= 4 is 77.1 Å². The molecule has 0 heterocycles. The van der Waals surface area contributed by atoms with Crippen LogP contribution in [-0.2, 0) is 9.59 Å². The molecule has 0 spiro atoms. The van der Waals surface area contributed by atoms with Crippen LogP contribution in [0.1, 0.15) is 61.2 Å². The average Bonchev–Trinajstić information content (AvgIpc) is 3.33. The molecule has 7 aromatic rings. The lowest BCUT2D eigenvalue weighted by atomic mass is 9.93. The number of carboxylic acid groups (broad SMARTS) is 2. The molecule has 0 saturated carbocycles. The summed E-state index contributed by atoms with van der Waals surface area (Å²) >= 11 is 0. The number of hydrogen-bond donors (Lipinski definition) is 2. The first-order valence-corrected chi connectivity index (χ1v) is 20.7. The van der Waals surface area contributed by atoms with E-state index in [1.807, 2.05) is 54.6 Å². The number of nitrogens with zero attached hydrogens (tertiary/aromatic N) is 3. The molecule has 65 heavy (non-hydrogen) atoms. The van der Waals surface area contributed by atoms with E-state index in [9.17, 15) is 19.8 Å². The fourth-order valence-corrected chi connectivity index (χ4v) is 7.05. The summed E-state index contributed by atoms with van der Waals surface area (Å²) in [6.45, 7) is 18.5. The van der Waals surface area contributed by atoms with Crippen LogP contribution in [0.2, 0.25) is 0 Å². The summed E-state index contributed by atoms with van der Waals surface area (Å²) in [5.74, 6) is -2.50. The number of carboxylic acids is 2. The minimum atomic E-state index is -1.25. The molecular formula is C58H43N3O4. The van der Waals surface area contributed by atoms with Crippen LogP contribution in [0.25, 0.3) is 57.8 Å². The molecule has 0 bridgehead atoms. The van der Waals surface area contributed by atoms with Crippen molar-refractivity contribution < 1.29 is 19.8 Å². The van der Waals surface area contributed by atoms with Crippen molar-refractivity contribution in [1.29, 1.82) is 0 Å². The standard InChI is InChI=1S/C58H43N3O4/c1-40-10-29-50(36-41(40)2)54(49-8-6-5-7-9-49)37-46-27-34-53(35-28-46)61(51-30-23-44(24-31-51)13-11-42-15-19-47(20-16-42)38-55(59-3)57(62)63)52-32-25-45(26-33-52)14-12-43-17-21-48(22-18-43)39-56(60-4)58(64)65/h5-39H,1-2H3,(H,62,63)(H,64,65). The van der Waals surface area contributed by atoms with E-state index in [4.69, 9.17) is 13.1 Å². The van der Waals surface area contributed by atoms with E-state index in [1.54, 1.807) is 24.3 Å². The summed E-state index contributed by atoms with van der Waals surface area (Å²) < 4.78 is 0. The summed E-state index contributed by atoms with van der Waals surface area (Å²) in [7, 11) is 0. The number of anilines is 3. The molecule has 0 aliphatic heterocycles. The highest BCUT2D eigenvalue weighted by atomic mass is 16.4. The smallest absolute Gasteiger partial charge is 0.333 e. The van der Waals surface area contributed by atoms with Crippen molar-refractivity contribution in [3.8, 4) is 0 Å². The zero-order chi connectivity index (χ0) is 45.7. The summed E-state index contributed by atoms with van der Waals surface area (Å²) in [5, 5.41) is 18.4. The number of aliphatic carboxylic acids is 2. The maximum Gasteiger partial charge on any atom is 0.333 e. The van der Waals surface area contributed by atoms with Crippen molar-refractivity contribution in [3.63, 3.8) is 0 Å². The van der Waals surface area contributed by atoms with Gasteiger partial charge in [-0.25, -0.2) is 9.69 Å². The second kappa shape index (κ2) is 20.7. The Kier molecular flexibility index (Phi) is 14.0. The molecule has 0 amide bonds. The topological polar surface area (TPSA) is 86.6 Å². The SMILES string of the molecule is [C-]#[N+]C(=Cc1ccc(C=Cc2ccc(N(c3ccc(C=Cc4ccc(C=C([N+]#[C-])C(=O)O)cc4)cc3)c3ccc(C=C(c4ccccc4)c4ccc(C)c(C)c4)cc3)cc2)cc1)C(=O)O. The molecular weight excluding hydrogens is 803 g/mol. The van der Waals surface area contributed by atoms with Crippen LogP contribution < -0.4 is 4.90 Å².